The third-order valence-corrected chi connectivity index (χ3v) is 5.88. The van der Waals surface area contributed by atoms with E-state index in [4.69, 9.17) is 10.5 Å². The second kappa shape index (κ2) is 9.72. The first-order chi connectivity index (χ1) is 15.9. The van der Waals surface area contributed by atoms with Gasteiger partial charge >= 0.3 is 0 Å². The van der Waals surface area contributed by atoms with Gasteiger partial charge in [-0.25, -0.2) is 9.97 Å². The van der Waals surface area contributed by atoms with Gasteiger partial charge in [0.05, 0.1) is 12.7 Å². The normalized spacial score (nSPS) is 12.8. The molecule has 0 unspecified atom stereocenters. The Labute approximate surface area is 192 Å². The largest absolute Gasteiger partial charge is 0.497 e. The number of nitrogen functional groups attached to an aromatic ring is 1. The van der Waals surface area contributed by atoms with Gasteiger partial charge in [-0.2, -0.15) is 0 Å². The highest BCUT2D eigenvalue weighted by Gasteiger charge is 2.24. The smallest absolute Gasteiger partial charge is 0.255 e. The molecule has 1 aliphatic heterocycles. The van der Waals surface area contributed by atoms with Gasteiger partial charge in [0, 0.05) is 57.1 Å². The first-order valence-electron chi connectivity index (χ1n) is 10.9. The van der Waals surface area contributed by atoms with Crippen LogP contribution in [0.4, 0.5) is 5.82 Å². The molecule has 9 nitrogen and oxygen atoms in total. The van der Waals surface area contributed by atoms with Gasteiger partial charge in [0.25, 0.3) is 5.91 Å². The van der Waals surface area contributed by atoms with Crippen LogP contribution in [-0.4, -0.2) is 44.9 Å². The van der Waals surface area contributed by atoms with Crippen molar-refractivity contribution in [2.24, 2.45) is 0 Å². The maximum Gasteiger partial charge on any atom is 0.255 e. The lowest BCUT2D eigenvalue weighted by molar-refractivity contribution is -0.132. The number of hydrogen-bond acceptors (Lipinski definition) is 6. The molecule has 2 aromatic heterocycles. The second-order valence-electron chi connectivity index (χ2n) is 8.04. The number of methoxy groups -OCH3 is 1. The molecule has 0 bridgehead atoms. The fraction of sp³-hybridized carbons (Fsp3) is 0.333. The Balaban J connectivity index is 1.41. The number of imidazole rings is 1. The van der Waals surface area contributed by atoms with Crippen molar-refractivity contribution < 1.29 is 14.3 Å². The van der Waals surface area contributed by atoms with Crippen LogP contribution in [0.1, 0.15) is 39.4 Å². The monoisotopic (exact) mass is 448 g/mol. The number of benzene rings is 1. The molecule has 4 rings (SSSR count). The van der Waals surface area contributed by atoms with Crippen molar-refractivity contribution in [3.05, 3.63) is 70.9 Å². The Morgan fingerprint density at radius 3 is 2.88 bits per heavy atom. The summed E-state index contributed by atoms with van der Waals surface area (Å²) < 4.78 is 7.18. The number of nitrogens with zero attached hydrogens (tertiary/aromatic N) is 4. The summed E-state index contributed by atoms with van der Waals surface area (Å²) in [4.78, 5) is 36.0. The van der Waals surface area contributed by atoms with Gasteiger partial charge in [-0.15, -0.1) is 0 Å². The third-order valence-electron chi connectivity index (χ3n) is 5.88. The lowest BCUT2D eigenvalue weighted by Gasteiger charge is -2.29. The van der Waals surface area contributed by atoms with Crippen LogP contribution in [0.2, 0.25) is 0 Å². The van der Waals surface area contributed by atoms with Gasteiger partial charge in [0.1, 0.15) is 17.4 Å². The number of amides is 2. The van der Waals surface area contributed by atoms with Crippen LogP contribution in [0.5, 0.6) is 5.75 Å². The second-order valence-corrected chi connectivity index (χ2v) is 8.04. The number of fused-ring (bicyclic) bond motifs is 1. The van der Waals surface area contributed by atoms with Crippen LogP contribution in [0.15, 0.2) is 42.7 Å². The van der Waals surface area contributed by atoms with Crippen LogP contribution < -0.4 is 15.8 Å². The molecule has 2 amide bonds. The summed E-state index contributed by atoms with van der Waals surface area (Å²) in [5.74, 6) is 1.58. The van der Waals surface area contributed by atoms with Gasteiger partial charge in [0.15, 0.2) is 0 Å². The summed E-state index contributed by atoms with van der Waals surface area (Å²) in [6, 6.07) is 9.25. The number of ether oxygens (including phenoxy) is 1. The Morgan fingerprint density at radius 2 is 2.12 bits per heavy atom. The van der Waals surface area contributed by atoms with Crippen molar-refractivity contribution in [1.29, 1.82) is 0 Å². The predicted molar refractivity (Wildman–Crippen MR) is 124 cm³/mol. The Morgan fingerprint density at radius 1 is 1.27 bits per heavy atom. The van der Waals surface area contributed by atoms with E-state index in [1.54, 1.807) is 19.4 Å². The summed E-state index contributed by atoms with van der Waals surface area (Å²) >= 11 is 0. The lowest BCUT2D eigenvalue weighted by Crippen LogP contribution is -2.37. The number of rotatable bonds is 7. The molecule has 3 heterocycles. The number of aryl methyl sites for hydroxylation is 2. The van der Waals surface area contributed by atoms with E-state index in [1.807, 2.05) is 46.9 Å². The Kier molecular flexibility index (Phi) is 6.58. The summed E-state index contributed by atoms with van der Waals surface area (Å²) in [6.45, 7) is 3.85. The van der Waals surface area contributed by atoms with Gasteiger partial charge in [-0.05, 0) is 36.2 Å². The molecule has 0 saturated heterocycles. The minimum Gasteiger partial charge on any atom is -0.497 e. The lowest BCUT2D eigenvalue weighted by atomic mass is 10.0. The van der Waals surface area contributed by atoms with Crippen LogP contribution in [0.25, 0.3) is 0 Å². The van der Waals surface area contributed by atoms with E-state index < -0.39 is 0 Å². The van der Waals surface area contributed by atoms with Gasteiger partial charge in [-0.3, -0.25) is 9.59 Å². The van der Waals surface area contributed by atoms with Crippen molar-refractivity contribution >= 4 is 17.6 Å². The molecule has 1 aromatic carbocycles. The molecule has 0 spiro atoms. The summed E-state index contributed by atoms with van der Waals surface area (Å²) in [7, 11) is 1.60. The summed E-state index contributed by atoms with van der Waals surface area (Å²) in [6.07, 6.45) is 4.61. The molecule has 1 aliphatic rings. The van der Waals surface area contributed by atoms with Crippen molar-refractivity contribution in [2.45, 2.75) is 39.4 Å². The highest BCUT2D eigenvalue weighted by Crippen LogP contribution is 2.23. The van der Waals surface area contributed by atoms with Gasteiger partial charge < -0.3 is 25.3 Å². The molecule has 9 heteroatoms. The number of nitrogens with one attached hydrogen (secondary N) is 1. The average molecular weight is 449 g/mol. The predicted octanol–water partition coefficient (Wildman–Crippen LogP) is 2.08. The first-order valence-corrected chi connectivity index (χ1v) is 10.9. The van der Waals surface area contributed by atoms with Gasteiger partial charge in [-0.1, -0.05) is 12.1 Å². The summed E-state index contributed by atoms with van der Waals surface area (Å²) in [5, 5.41) is 2.89. The van der Waals surface area contributed by atoms with Crippen molar-refractivity contribution in [3.8, 4) is 5.75 Å². The standard InChI is InChI=1S/C24H28N6O3/c1-16-26-8-11-29(16)10-7-22(31)30-9-6-21-18(15-30)13-20(23(25)28-21)24(32)27-14-17-4-3-5-19(12-17)33-2/h3-5,8,11-13H,6-7,9-10,14-15H2,1-2H3,(H2,25,28)(H,27,32). The number of carbonyl (C=O) groups excluding carboxylic acids is 2. The average Bonchev–Trinajstić information content (AvgIpc) is 3.24. The zero-order valence-electron chi connectivity index (χ0n) is 18.9. The molecule has 0 radical (unpaired) electrons. The molecule has 0 atom stereocenters. The molecular weight excluding hydrogens is 420 g/mol. The van der Waals surface area contributed by atoms with Gasteiger partial charge in [0.2, 0.25) is 5.91 Å². The molecule has 172 valence electrons. The Hall–Kier alpha value is -3.88. The first kappa shape index (κ1) is 22.3. The van der Waals surface area contributed by atoms with E-state index in [0.717, 1.165) is 28.4 Å². The fourth-order valence-corrected chi connectivity index (χ4v) is 3.96. The van der Waals surface area contributed by atoms with Crippen LogP contribution >= 0.6 is 0 Å². The van der Waals surface area contributed by atoms with Crippen LogP contribution in [0.3, 0.4) is 0 Å². The van der Waals surface area contributed by atoms with Crippen molar-refractivity contribution in [3.63, 3.8) is 0 Å². The minimum absolute atomic E-state index is 0.0644. The fourth-order valence-electron chi connectivity index (χ4n) is 3.96. The highest BCUT2D eigenvalue weighted by atomic mass is 16.5. The van der Waals surface area contributed by atoms with Crippen molar-refractivity contribution in [2.75, 3.05) is 19.4 Å². The summed E-state index contributed by atoms with van der Waals surface area (Å²) in [5.41, 5.74) is 9.02. The molecule has 3 aromatic rings. The Bertz CT molecular complexity index is 1170. The molecule has 33 heavy (non-hydrogen) atoms. The zero-order valence-corrected chi connectivity index (χ0v) is 18.9. The number of nitrogens with two attached hydrogens (primary N) is 1. The van der Waals surface area contributed by atoms with E-state index >= 15 is 0 Å². The number of hydrogen-bond donors (Lipinski definition) is 2. The molecule has 0 saturated carbocycles. The molecule has 0 aliphatic carbocycles. The number of carbonyl (C=O) groups is 2. The minimum atomic E-state index is -0.301. The van der Waals surface area contributed by atoms with E-state index in [9.17, 15) is 9.59 Å². The molecule has 3 N–H and O–H groups in total. The number of pyridine rings is 1. The highest BCUT2D eigenvalue weighted by molar-refractivity contribution is 5.98. The van der Waals surface area contributed by atoms with E-state index in [1.165, 1.54) is 0 Å². The maximum absolute atomic E-state index is 12.8. The quantitative estimate of drug-likeness (QED) is 0.572. The topological polar surface area (TPSA) is 115 Å². The maximum atomic E-state index is 12.8. The number of aromatic nitrogens is 3. The SMILES string of the molecule is COc1cccc(CNC(=O)c2cc3c(nc2N)CCN(C(=O)CCn2ccnc2C)C3)c1. The van der Waals surface area contributed by atoms with E-state index in [2.05, 4.69) is 15.3 Å². The molecule has 0 fully saturated rings. The van der Waals surface area contributed by atoms with Crippen LogP contribution in [0, 0.1) is 6.92 Å². The van der Waals surface area contributed by atoms with Crippen LogP contribution in [-0.2, 0) is 30.8 Å². The number of anilines is 1. The molecular formula is C24H28N6O3. The zero-order chi connectivity index (χ0) is 23.4. The van der Waals surface area contributed by atoms with Crippen molar-refractivity contribution in [1.82, 2.24) is 24.8 Å². The van der Waals surface area contributed by atoms with E-state index in [-0.39, 0.29) is 17.6 Å². The third kappa shape index (κ3) is 5.14. The van der Waals surface area contributed by atoms with E-state index in [0.29, 0.717) is 44.6 Å².